The van der Waals surface area contributed by atoms with Crippen molar-refractivity contribution in [2.24, 2.45) is 0 Å². The maximum atomic E-state index is 11.9. The molecule has 2 heterocycles. The number of aliphatic hydroxyl groups excluding tert-OH is 2. The molecule has 21 heavy (non-hydrogen) atoms. The van der Waals surface area contributed by atoms with Crippen molar-refractivity contribution in [2.75, 3.05) is 13.7 Å². The van der Waals surface area contributed by atoms with E-state index in [9.17, 15) is 14.7 Å². The van der Waals surface area contributed by atoms with Gasteiger partial charge in [-0.25, -0.2) is 4.79 Å². The number of aliphatic hydroxyl groups is 2. The molecule has 8 nitrogen and oxygen atoms in total. The Balaban J connectivity index is 2.50. The number of H-pyrrole nitrogens is 1. The van der Waals surface area contributed by atoms with Crippen LogP contribution < -0.4 is 11.2 Å². The van der Waals surface area contributed by atoms with Gasteiger partial charge in [-0.3, -0.25) is 14.3 Å². The van der Waals surface area contributed by atoms with Crippen molar-refractivity contribution in [1.82, 2.24) is 9.55 Å². The van der Waals surface area contributed by atoms with E-state index < -0.39 is 42.4 Å². The molecule has 2 rings (SSSR count). The predicted molar refractivity (Wildman–Crippen MR) is 71.7 cm³/mol. The zero-order valence-electron chi connectivity index (χ0n) is 11.6. The van der Waals surface area contributed by atoms with Gasteiger partial charge < -0.3 is 19.7 Å². The van der Waals surface area contributed by atoms with Crippen molar-refractivity contribution in [3.05, 3.63) is 32.6 Å². The summed E-state index contributed by atoms with van der Waals surface area (Å²) in [7, 11) is 1.35. The van der Waals surface area contributed by atoms with Gasteiger partial charge in [0.15, 0.2) is 6.23 Å². The second-order valence-electron chi connectivity index (χ2n) is 4.52. The average Bonchev–Trinajstić information content (AvgIpc) is 2.78. The molecule has 0 saturated carbocycles. The number of hydrogen-bond acceptors (Lipinski definition) is 6. The standard InChI is InChI=1S/C13H16N2O6/c1-3-4-7-5-15(13(19)14-11(7)18)12-10(20-2)9(17)8(6-16)21-12/h5,8-10,12,16-17H,6H2,1-2H3,(H,14,18,19)/t8-,9-,10-,12-/m1/s1. The number of aromatic nitrogens is 2. The number of ether oxygens (including phenoxy) is 2. The second-order valence-corrected chi connectivity index (χ2v) is 4.52. The van der Waals surface area contributed by atoms with E-state index in [-0.39, 0.29) is 5.56 Å². The first-order valence-corrected chi connectivity index (χ1v) is 6.28. The summed E-state index contributed by atoms with van der Waals surface area (Å²) in [6.07, 6.45) is -2.54. The number of methoxy groups -OCH3 is 1. The largest absolute Gasteiger partial charge is 0.394 e. The molecular weight excluding hydrogens is 280 g/mol. The summed E-state index contributed by atoms with van der Waals surface area (Å²) >= 11 is 0. The minimum Gasteiger partial charge on any atom is -0.394 e. The summed E-state index contributed by atoms with van der Waals surface area (Å²) in [6.45, 7) is 1.14. The fourth-order valence-electron chi connectivity index (χ4n) is 2.25. The van der Waals surface area contributed by atoms with Crippen LogP contribution in [0.15, 0.2) is 15.8 Å². The van der Waals surface area contributed by atoms with Gasteiger partial charge in [0.1, 0.15) is 23.9 Å². The summed E-state index contributed by atoms with van der Waals surface area (Å²) in [5, 5.41) is 19.1. The molecule has 0 spiro atoms. The van der Waals surface area contributed by atoms with Gasteiger partial charge >= 0.3 is 5.69 Å². The Kier molecular flexibility index (Phi) is 4.59. The van der Waals surface area contributed by atoms with Gasteiger partial charge in [-0.05, 0) is 6.92 Å². The molecule has 0 unspecified atom stereocenters. The Hall–Kier alpha value is -1.92. The third kappa shape index (κ3) is 2.77. The van der Waals surface area contributed by atoms with Crippen LogP contribution in [0.5, 0.6) is 0 Å². The molecule has 0 bridgehead atoms. The molecule has 8 heteroatoms. The topological polar surface area (TPSA) is 114 Å². The van der Waals surface area contributed by atoms with Crippen LogP contribution in [0.25, 0.3) is 0 Å². The normalized spacial score (nSPS) is 28.2. The van der Waals surface area contributed by atoms with Crippen LogP contribution in [-0.4, -0.2) is 51.8 Å². The molecule has 1 fully saturated rings. The highest BCUT2D eigenvalue weighted by atomic mass is 16.6. The molecule has 1 saturated heterocycles. The first kappa shape index (κ1) is 15.5. The average molecular weight is 296 g/mol. The fourth-order valence-corrected chi connectivity index (χ4v) is 2.25. The van der Waals surface area contributed by atoms with Gasteiger partial charge in [-0.1, -0.05) is 5.92 Å². The molecule has 4 atom stereocenters. The van der Waals surface area contributed by atoms with Crippen LogP contribution in [0.3, 0.4) is 0 Å². The Morgan fingerprint density at radius 1 is 1.52 bits per heavy atom. The Bertz CT molecular complexity index is 682. The summed E-state index contributed by atoms with van der Waals surface area (Å²) < 4.78 is 11.7. The van der Waals surface area contributed by atoms with Gasteiger partial charge in [0.05, 0.1) is 6.61 Å². The van der Waals surface area contributed by atoms with Gasteiger partial charge in [0.25, 0.3) is 5.56 Å². The highest BCUT2D eigenvalue weighted by molar-refractivity contribution is 5.28. The predicted octanol–water partition coefficient (Wildman–Crippen LogP) is -1.83. The van der Waals surface area contributed by atoms with Gasteiger partial charge in [0.2, 0.25) is 0 Å². The minimum absolute atomic E-state index is 0.0949. The van der Waals surface area contributed by atoms with E-state index in [1.807, 2.05) is 0 Å². The Morgan fingerprint density at radius 3 is 2.81 bits per heavy atom. The molecule has 0 amide bonds. The lowest BCUT2D eigenvalue weighted by atomic mass is 10.1. The van der Waals surface area contributed by atoms with Gasteiger partial charge in [-0.2, -0.15) is 0 Å². The number of nitrogens with one attached hydrogen (secondary N) is 1. The SMILES string of the molecule is CC#Cc1cn([C@@H]2O[C@H](CO)[C@@H](O)[C@H]2OC)c(=O)[nH]c1=O. The Labute approximate surface area is 119 Å². The summed E-state index contributed by atoms with van der Waals surface area (Å²) in [5.41, 5.74) is -1.21. The van der Waals surface area contributed by atoms with Crippen molar-refractivity contribution < 1.29 is 19.7 Å². The van der Waals surface area contributed by atoms with E-state index in [2.05, 4.69) is 16.8 Å². The quantitative estimate of drug-likeness (QED) is 0.566. The highest BCUT2D eigenvalue weighted by Crippen LogP contribution is 2.30. The van der Waals surface area contributed by atoms with Crippen LogP contribution in [0.2, 0.25) is 0 Å². The van der Waals surface area contributed by atoms with Crippen LogP contribution in [0.4, 0.5) is 0 Å². The fraction of sp³-hybridized carbons (Fsp3) is 0.538. The van der Waals surface area contributed by atoms with Crippen molar-refractivity contribution in [2.45, 2.75) is 31.5 Å². The van der Waals surface area contributed by atoms with Crippen LogP contribution in [-0.2, 0) is 9.47 Å². The van der Waals surface area contributed by atoms with E-state index in [0.717, 1.165) is 4.57 Å². The molecule has 0 radical (unpaired) electrons. The molecule has 114 valence electrons. The lowest BCUT2D eigenvalue weighted by molar-refractivity contribution is -0.0625. The second kappa shape index (κ2) is 6.24. The van der Waals surface area contributed by atoms with E-state index >= 15 is 0 Å². The molecule has 3 N–H and O–H groups in total. The molecule has 1 aromatic rings. The summed E-state index contributed by atoms with van der Waals surface area (Å²) in [4.78, 5) is 25.7. The van der Waals surface area contributed by atoms with Crippen LogP contribution in [0.1, 0.15) is 18.7 Å². The Morgan fingerprint density at radius 2 is 2.24 bits per heavy atom. The molecule has 1 aliphatic heterocycles. The maximum absolute atomic E-state index is 11.9. The zero-order valence-corrected chi connectivity index (χ0v) is 11.6. The van der Waals surface area contributed by atoms with Crippen molar-refractivity contribution in [3.63, 3.8) is 0 Å². The number of nitrogens with zero attached hydrogens (tertiary/aromatic N) is 1. The first-order chi connectivity index (χ1) is 10.0. The number of hydrogen-bond donors (Lipinski definition) is 3. The smallest absolute Gasteiger partial charge is 0.330 e. The third-order valence-corrected chi connectivity index (χ3v) is 3.27. The lowest BCUT2D eigenvalue weighted by Gasteiger charge is -2.20. The van der Waals surface area contributed by atoms with E-state index in [0.29, 0.717) is 0 Å². The highest BCUT2D eigenvalue weighted by Gasteiger charge is 2.45. The summed E-state index contributed by atoms with van der Waals surface area (Å²) in [6, 6.07) is 0. The van der Waals surface area contributed by atoms with Gasteiger partial charge in [0, 0.05) is 13.3 Å². The van der Waals surface area contributed by atoms with E-state index in [4.69, 9.17) is 14.6 Å². The van der Waals surface area contributed by atoms with Crippen molar-refractivity contribution >= 4 is 0 Å². The summed E-state index contributed by atoms with van der Waals surface area (Å²) in [5.74, 6) is 5.14. The first-order valence-electron chi connectivity index (χ1n) is 6.28. The number of aromatic amines is 1. The minimum atomic E-state index is -1.09. The van der Waals surface area contributed by atoms with E-state index in [1.165, 1.54) is 13.3 Å². The third-order valence-electron chi connectivity index (χ3n) is 3.27. The molecule has 1 aliphatic rings. The van der Waals surface area contributed by atoms with Crippen molar-refractivity contribution in [3.8, 4) is 11.8 Å². The molecule has 1 aromatic heterocycles. The van der Waals surface area contributed by atoms with Gasteiger partial charge in [-0.15, -0.1) is 5.92 Å². The molecule has 0 aromatic carbocycles. The van der Waals surface area contributed by atoms with Crippen LogP contribution >= 0.6 is 0 Å². The van der Waals surface area contributed by atoms with Crippen molar-refractivity contribution in [1.29, 1.82) is 0 Å². The maximum Gasteiger partial charge on any atom is 0.330 e. The molecule has 0 aliphatic carbocycles. The monoisotopic (exact) mass is 296 g/mol. The van der Waals surface area contributed by atoms with Crippen LogP contribution in [0, 0.1) is 11.8 Å². The van der Waals surface area contributed by atoms with E-state index in [1.54, 1.807) is 6.92 Å². The lowest BCUT2D eigenvalue weighted by Crippen LogP contribution is -2.39. The molecular formula is C13H16N2O6. The number of rotatable bonds is 3. The zero-order chi connectivity index (χ0) is 15.6.